The molecule has 0 saturated carbocycles. The van der Waals surface area contributed by atoms with Gasteiger partial charge in [-0.15, -0.1) is 0 Å². The van der Waals surface area contributed by atoms with Crippen LogP contribution in [0.15, 0.2) is 11.6 Å². The van der Waals surface area contributed by atoms with Gasteiger partial charge in [-0.2, -0.15) is 0 Å². The molecule has 0 aromatic carbocycles. The van der Waals surface area contributed by atoms with Gasteiger partial charge in [0.05, 0.1) is 0 Å². The molecule has 0 unspecified atom stereocenters. The first kappa shape index (κ1) is 6.53. The van der Waals surface area contributed by atoms with Crippen LogP contribution in [0, 0.1) is 5.92 Å². The fraction of sp³-hybridized carbons (Fsp3) is 0.625. The van der Waals surface area contributed by atoms with Crippen molar-refractivity contribution in [3.05, 3.63) is 11.6 Å². The third-order valence-electron chi connectivity index (χ3n) is 1.83. The van der Waals surface area contributed by atoms with Gasteiger partial charge in [0.1, 0.15) is 5.78 Å². The van der Waals surface area contributed by atoms with Gasteiger partial charge < -0.3 is 0 Å². The van der Waals surface area contributed by atoms with Crippen LogP contribution in [0.1, 0.15) is 26.7 Å². The van der Waals surface area contributed by atoms with Gasteiger partial charge in [0.15, 0.2) is 0 Å². The largest absolute Gasteiger partial charge is 0.299 e. The van der Waals surface area contributed by atoms with Gasteiger partial charge in [-0.25, -0.2) is 0 Å². The molecule has 1 aliphatic carbocycles. The Morgan fingerprint density at radius 2 is 2.33 bits per heavy atom. The van der Waals surface area contributed by atoms with Crippen LogP contribution in [0.25, 0.3) is 0 Å². The lowest BCUT2D eigenvalue weighted by atomic mass is 9.90. The average Bonchev–Trinajstić information content (AvgIpc) is 1.80. The number of Topliss-reactive ketones (excluding diaryl/α,β-unsaturated/α-hetero) is 1. The molecule has 1 nitrogen and oxygen atoms in total. The number of rotatable bonds is 0. The zero-order chi connectivity index (χ0) is 6.85. The molecule has 0 aromatic rings. The van der Waals surface area contributed by atoms with E-state index < -0.39 is 0 Å². The molecule has 0 aromatic heterocycles. The zero-order valence-electron chi connectivity index (χ0n) is 5.98. The van der Waals surface area contributed by atoms with Gasteiger partial charge in [0.2, 0.25) is 0 Å². The summed E-state index contributed by atoms with van der Waals surface area (Å²) in [6.07, 6.45) is 3.66. The van der Waals surface area contributed by atoms with Crippen molar-refractivity contribution in [1.29, 1.82) is 0 Å². The van der Waals surface area contributed by atoms with Gasteiger partial charge >= 0.3 is 0 Å². The molecule has 0 bridgehead atoms. The van der Waals surface area contributed by atoms with Crippen molar-refractivity contribution in [3.8, 4) is 0 Å². The number of ketones is 1. The minimum Gasteiger partial charge on any atom is -0.299 e. The second kappa shape index (κ2) is 2.34. The van der Waals surface area contributed by atoms with E-state index in [0.717, 1.165) is 6.42 Å². The summed E-state index contributed by atoms with van der Waals surface area (Å²) in [5.74, 6) is 0.663. The van der Waals surface area contributed by atoms with Crippen LogP contribution in [0.3, 0.4) is 0 Å². The quantitative estimate of drug-likeness (QED) is 0.451. The highest BCUT2D eigenvalue weighted by atomic mass is 16.1. The van der Waals surface area contributed by atoms with Crippen molar-refractivity contribution in [3.63, 3.8) is 0 Å². The fourth-order valence-electron chi connectivity index (χ4n) is 1.16. The number of hydrogen-bond acceptors (Lipinski definition) is 1. The van der Waals surface area contributed by atoms with Crippen LogP contribution >= 0.6 is 0 Å². The molecular formula is C8H12O. The third-order valence-corrected chi connectivity index (χ3v) is 1.83. The van der Waals surface area contributed by atoms with E-state index in [0.29, 0.717) is 12.2 Å². The molecule has 1 atom stereocenters. The maximum Gasteiger partial charge on any atom is 0.139 e. The third kappa shape index (κ3) is 1.41. The van der Waals surface area contributed by atoms with Crippen molar-refractivity contribution < 1.29 is 4.79 Å². The van der Waals surface area contributed by atoms with Crippen molar-refractivity contribution in [2.75, 3.05) is 0 Å². The van der Waals surface area contributed by atoms with E-state index >= 15 is 0 Å². The highest BCUT2D eigenvalue weighted by molar-refractivity contribution is 5.83. The average molecular weight is 124 g/mol. The summed E-state index contributed by atoms with van der Waals surface area (Å²) in [6, 6.07) is 0. The molecule has 0 N–H and O–H groups in total. The van der Waals surface area contributed by atoms with Crippen molar-refractivity contribution in [1.82, 2.24) is 0 Å². The Morgan fingerprint density at radius 1 is 1.67 bits per heavy atom. The SMILES string of the molecule is CC1=CCC(=O)[C@@H](C)C1. The number of hydrogen-bond donors (Lipinski definition) is 0. The van der Waals surface area contributed by atoms with E-state index in [4.69, 9.17) is 0 Å². The molecule has 0 spiro atoms. The van der Waals surface area contributed by atoms with E-state index in [-0.39, 0.29) is 5.92 Å². The molecule has 0 fully saturated rings. The van der Waals surface area contributed by atoms with Crippen molar-refractivity contribution in [2.45, 2.75) is 26.7 Å². The molecule has 9 heavy (non-hydrogen) atoms. The number of allylic oxidation sites excluding steroid dienone is 2. The smallest absolute Gasteiger partial charge is 0.139 e. The van der Waals surface area contributed by atoms with E-state index in [1.807, 2.05) is 13.0 Å². The lowest BCUT2D eigenvalue weighted by Gasteiger charge is -2.14. The number of carbonyl (C=O) groups excluding carboxylic acids is 1. The van der Waals surface area contributed by atoms with Gasteiger partial charge in [0.25, 0.3) is 0 Å². The summed E-state index contributed by atoms with van der Waals surface area (Å²) in [7, 11) is 0. The van der Waals surface area contributed by atoms with Gasteiger partial charge in [0, 0.05) is 12.3 Å². The minimum atomic E-state index is 0.273. The first-order valence-electron chi connectivity index (χ1n) is 3.38. The van der Waals surface area contributed by atoms with E-state index in [9.17, 15) is 4.79 Å². The summed E-state index contributed by atoms with van der Waals surface area (Å²) in [4.78, 5) is 10.9. The molecule has 1 aliphatic rings. The second-order valence-corrected chi connectivity index (χ2v) is 2.83. The summed E-state index contributed by atoms with van der Waals surface area (Å²) >= 11 is 0. The maximum atomic E-state index is 10.9. The highest BCUT2D eigenvalue weighted by Crippen LogP contribution is 2.19. The lowest BCUT2D eigenvalue weighted by molar-refractivity contribution is -0.121. The summed E-state index contributed by atoms with van der Waals surface area (Å²) < 4.78 is 0. The maximum absolute atomic E-state index is 10.9. The zero-order valence-corrected chi connectivity index (χ0v) is 5.98. The van der Waals surface area contributed by atoms with Crippen molar-refractivity contribution in [2.24, 2.45) is 5.92 Å². The van der Waals surface area contributed by atoms with Gasteiger partial charge in [-0.3, -0.25) is 4.79 Å². The first-order chi connectivity index (χ1) is 4.20. The van der Waals surface area contributed by atoms with Gasteiger partial charge in [-0.05, 0) is 13.3 Å². The highest BCUT2D eigenvalue weighted by Gasteiger charge is 2.15. The predicted octanol–water partition coefficient (Wildman–Crippen LogP) is 1.93. The topological polar surface area (TPSA) is 17.1 Å². The Morgan fingerprint density at radius 3 is 2.78 bits per heavy atom. The Bertz CT molecular complexity index is 156. The molecule has 0 radical (unpaired) electrons. The Hall–Kier alpha value is -0.590. The molecule has 0 saturated heterocycles. The lowest BCUT2D eigenvalue weighted by Crippen LogP contribution is -2.13. The summed E-state index contributed by atoms with van der Waals surface area (Å²) in [5, 5.41) is 0. The van der Waals surface area contributed by atoms with Crippen molar-refractivity contribution >= 4 is 5.78 Å². The van der Waals surface area contributed by atoms with Gasteiger partial charge in [-0.1, -0.05) is 18.6 Å². The van der Waals surface area contributed by atoms with Crippen LogP contribution in [-0.2, 0) is 4.79 Å². The van der Waals surface area contributed by atoms with E-state index in [1.54, 1.807) is 0 Å². The Kier molecular flexibility index (Phi) is 1.70. The molecular weight excluding hydrogens is 112 g/mol. The van der Waals surface area contributed by atoms with Crippen LogP contribution < -0.4 is 0 Å². The van der Waals surface area contributed by atoms with E-state index in [2.05, 4.69) is 6.92 Å². The summed E-state index contributed by atoms with van der Waals surface area (Å²) in [5.41, 5.74) is 1.36. The standard InChI is InChI=1S/C8H12O/c1-6-3-4-8(9)7(2)5-6/h3,7H,4-5H2,1-2H3/t7-/m0/s1. The molecule has 0 heterocycles. The Labute approximate surface area is 55.8 Å². The molecule has 1 heteroatoms. The molecule has 0 aliphatic heterocycles. The van der Waals surface area contributed by atoms with E-state index in [1.165, 1.54) is 5.57 Å². The minimum absolute atomic E-state index is 0.273. The normalized spacial score (nSPS) is 28.0. The van der Waals surface area contributed by atoms with Crippen LogP contribution in [0.4, 0.5) is 0 Å². The second-order valence-electron chi connectivity index (χ2n) is 2.83. The predicted molar refractivity (Wildman–Crippen MR) is 37.2 cm³/mol. The summed E-state index contributed by atoms with van der Waals surface area (Å²) in [6.45, 7) is 4.09. The first-order valence-corrected chi connectivity index (χ1v) is 3.38. The Balaban J connectivity index is 2.65. The van der Waals surface area contributed by atoms with Crippen LogP contribution in [-0.4, -0.2) is 5.78 Å². The molecule has 1 rings (SSSR count). The molecule has 50 valence electrons. The monoisotopic (exact) mass is 124 g/mol. The van der Waals surface area contributed by atoms with Crippen LogP contribution in [0.2, 0.25) is 0 Å². The van der Waals surface area contributed by atoms with Crippen LogP contribution in [0.5, 0.6) is 0 Å². The molecule has 0 amide bonds. The fourth-order valence-corrected chi connectivity index (χ4v) is 1.16. The number of carbonyl (C=O) groups is 1.